The Labute approximate surface area is 178 Å². The minimum atomic E-state index is -0.486. The van der Waals surface area contributed by atoms with Crippen LogP contribution in [-0.2, 0) is 0 Å². The van der Waals surface area contributed by atoms with E-state index in [-0.39, 0.29) is 45.5 Å². The molecule has 0 saturated heterocycles. The quantitative estimate of drug-likeness (QED) is 0.530. The molecule has 0 aliphatic carbocycles. The van der Waals surface area contributed by atoms with Gasteiger partial charge in [-0.2, -0.15) is 0 Å². The molecule has 0 aliphatic heterocycles. The second kappa shape index (κ2) is 8.95. The van der Waals surface area contributed by atoms with Gasteiger partial charge in [0.25, 0.3) is 0 Å². The molecule has 166 valence electrons. The molecule has 2 aromatic carbocycles. The van der Waals surface area contributed by atoms with E-state index in [1.54, 1.807) is 18.2 Å². The highest BCUT2D eigenvalue weighted by Crippen LogP contribution is 2.52. The van der Waals surface area contributed by atoms with Crippen LogP contribution in [0.2, 0.25) is 0 Å². The van der Waals surface area contributed by atoms with Gasteiger partial charge < -0.3 is 37.6 Å². The topological polar surface area (TPSA) is 94.8 Å². The monoisotopic (exact) mass is 432 g/mol. The number of hydrogen-bond acceptors (Lipinski definition) is 9. The zero-order chi connectivity index (χ0) is 22.7. The lowest BCUT2D eigenvalue weighted by Crippen LogP contribution is -2.11. The van der Waals surface area contributed by atoms with E-state index in [9.17, 15) is 4.79 Å². The molecule has 0 spiro atoms. The van der Waals surface area contributed by atoms with Crippen LogP contribution in [0.25, 0.3) is 22.3 Å². The summed E-state index contributed by atoms with van der Waals surface area (Å²) < 4.78 is 44.4. The van der Waals surface area contributed by atoms with Crippen LogP contribution in [0.3, 0.4) is 0 Å². The summed E-state index contributed by atoms with van der Waals surface area (Å²) in [7, 11) is 10.1. The van der Waals surface area contributed by atoms with E-state index in [0.29, 0.717) is 17.1 Å². The van der Waals surface area contributed by atoms with Crippen molar-refractivity contribution in [3.8, 4) is 51.6 Å². The highest BCUT2D eigenvalue weighted by atomic mass is 16.5. The minimum absolute atomic E-state index is 0.0494. The van der Waals surface area contributed by atoms with Crippen LogP contribution in [0.1, 0.15) is 0 Å². The van der Waals surface area contributed by atoms with Crippen LogP contribution in [0.15, 0.2) is 27.4 Å². The summed E-state index contributed by atoms with van der Waals surface area (Å²) in [5.74, 6) is 1.61. The van der Waals surface area contributed by atoms with Crippen molar-refractivity contribution < 1.29 is 37.6 Å². The summed E-state index contributed by atoms with van der Waals surface area (Å²) in [5, 5.41) is 0.0828. The maximum Gasteiger partial charge on any atom is 0.239 e. The molecule has 0 saturated carbocycles. The summed E-state index contributed by atoms with van der Waals surface area (Å²) in [6, 6.07) is 5.19. The average Bonchev–Trinajstić information content (AvgIpc) is 2.81. The fourth-order valence-electron chi connectivity index (χ4n) is 3.49. The van der Waals surface area contributed by atoms with Crippen LogP contribution in [0.4, 0.5) is 0 Å². The smallest absolute Gasteiger partial charge is 0.239 e. The maximum atomic E-state index is 13.5. The highest BCUT2D eigenvalue weighted by molar-refractivity contribution is 5.97. The van der Waals surface area contributed by atoms with Crippen LogP contribution in [-0.4, -0.2) is 49.8 Å². The van der Waals surface area contributed by atoms with E-state index in [0.717, 1.165) is 0 Å². The Bertz CT molecular complexity index is 1160. The van der Waals surface area contributed by atoms with Crippen LogP contribution in [0.5, 0.6) is 40.2 Å². The Kier molecular flexibility index (Phi) is 6.33. The number of fused-ring (bicyclic) bond motifs is 1. The molecule has 3 aromatic rings. The van der Waals surface area contributed by atoms with Crippen molar-refractivity contribution in [1.82, 2.24) is 0 Å². The first kappa shape index (κ1) is 21.9. The van der Waals surface area contributed by atoms with Gasteiger partial charge in [-0.15, -0.1) is 0 Å². The van der Waals surface area contributed by atoms with Gasteiger partial charge >= 0.3 is 0 Å². The molecule has 1 aromatic heterocycles. The van der Waals surface area contributed by atoms with Crippen molar-refractivity contribution in [3.63, 3.8) is 0 Å². The zero-order valence-electron chi connectivity index (χ0n) is 18.4. The molecule has 0 N–H and O–H groups in total. The Balaban J connectivity index is 2.57. The van der Waals surface area contributed by atoms with Gasteiger partial charge in [0.2, 0.25) is 28.4 Å². The van der Waals surface area contributed by atoms with E-state index in [4.69, 9.17) is 37.6 Å². The summed E-state index contributed by atoms with van der Waals surface area (Å²) in [6.07, 6.45) is 0. The Morgan fingerprint density at radius 2 is 1.16 bits per heavy atom. The maximum absolute atomic E-state index is 13.5. The third kappa shape index (κ3) is 3.31. The van der Waals surface area contributed by atoms with Gasteiger partial charge in [-0.3, -0.25) is 4.79 Å². The predicted octanol–water partition coefficient (Wildman–Crippen LogP) is 3.52. The van der Waals surface area contributed by atoms with Crippen molar-refractivity contribution in [3.05, 3.63) is 28.4 Å². The molecule has 0 atom stereocenters. The Morgan fingerprint density at radius 1 is 0.613 bits per heavy atom. The third-order valence-corrected chi connectivity index (χ3v) is 4.79. The lowest BCUT2D eigenvalue weighted by atomic mass is 10.1. The number of rotatable bonds is 8. The number of benzene rings is 2. The van der Waals surface area contributed by atoms with E-state index >= 15 is 0 Å². The van der Waals surface area contributed by atoms with Gasteiger partial charge in [0.15, 0.2) is 28.6 Å². The van der Waals surface area contributed by atoms with Crippen molar-refractivity contribution in [2.75, 3.05) is 49.8 Å². The fourth-order valence-corrected chi connectivity index (χ4v) is 3.49. The van der Waals surface area contributed by atoms with Gasteiger partial charge in [0.05, 0.1) is 55.3 Å². The number of ether oxygens (including phenoxy) is 7. The first-order valence-corrected chi connectivity index (χ1v) is 9.14. The second-order valence-corrected chi connectivity index (χ2v) is 6.17. The Morgan fingerprint density at radius 3 is 1.68 bits per heavy atom. The minimum Gasteiger partial charge on any atom is -0.493 e. The molecule has 0 fully saturated rings. The van der Waals surface area contributed by atoms with E-state index in [2.05, 4.69) is 0 Å². The molecular weight excluding hydrogens is 408 g/mol. The molecule has 0 radical (unpaired) electrons. The van der Waals surface area contributed by atoms with Crippen LogP contribution in [0, 0.1) is 0 Å². The third-order valence-electron chi connectivity index (χ3n) is 4.79. The molecule has 0 bridgehead atoms. The molecule has 0 amide bonds. The van der Waals surface area contributed by atoms with Gasteiger partial charge in [-0.05, 0) is 12.1 Å². The lowest BCUT2D eigenvalue weighted by molar-refractivity contribution is 0.306. The lowest BCUT2D eigenvalue weighted by Gasteiger charge is -2.19. The van der Waals surface area contributed by atoms with Crippen LogP contribution >= 0.6 is 0 Å². The van der Waals surface area contributed by atoms with Crippen molar-refractivity contribution >= 4 is 11.0 Å². The SMILES string of the molecule is COc1cccc(-c2oc3c(OC)c(OC)c(OC)c(OC)c3c(=O)c2OC)c1OC. The van der Waals surface area contributed by atoms with E-state index < -0.39 is 5.43 Å². The fraction of sp³-hybridized carbons (Fsp3) is 0.318. The number of para-hydroxylation sites is 1. The largest absolute Gasteiger partial charge is 0.493 e. The predicted molar refractivity (Wildman–Crippen MR) is 114 cm³/mol. The van der Waals surface area contributed by atoms with Crippen molar-refractivity contribution in [2.24, 2.45) is 0 Å². The molecule has 1 heterocycles. The molecule has 0 unspecified atom stereocenters. The molecule has 3 rings (SSSR count). The summed E-state index contributed by atoms with van der Waals surface area (Å²) in [4.78, 5) is 13.5. The molecule has 0 aliphatic rings. The van der Waals surface area contributed by atoms with Gasteiger partial charge in [-0.1, -0.05) is 6.07 Å². The highest BCUT2D eigenvalue weighted by Gasteiger charge is 2.31. The summed E-state index contributed by atoms with van der Waals surface area (Å²) >= 11 is 0. The average molecular weight is 432 g/mol. The number of methoxy groups -OCH3 is 7. The zero-order valence-corrected chi connectivity index (χ0v) is 18.4. The van der Waals surface area contributed by atoms with Gasteiger partial charge in [0.1, 0.15) is 5.39 Å². The molecule has 9 nitrogen and oxygen atoms in total. The Hall–Kier alpha value is -3.75. The summed E-state index contributed by atoms with van der Waals surface area (Å²) in [5.41, 5.74) is 0.0657. The standard InChI is InChI=1S/C22H24O9/c1-24-12-10-8-9-11(15(12)25-2)16-19(27-4)14(23)13-17(26-3)20(28-5)22(30-7)21(29-6)18(13)31-16/h8-10H,1-7H3. The van der Waals surface area contributed by atoms with Crippen LogP contribution < -0.4 is 38.6 Å². The second-order valence-electron chi connectivity index (χ2n) is 6.17. The molecule has 9 heteroatoms. The van der Waals surface area contributed by atoms with Crippen molar-refractivity contribution in [1.29, 1.82) is 0 Å². The van der Waals surface area contributed by atoms with Crippen molar-refractivity contribution in [2.45, 2.75) is 0 Å². The van der Waals surface area contributed by atoms with E-state index in [1.165, 1.54) is 49.8 Å². The number of hydrogen-bond donors (Lipinski definition) is 0. The van der Waals surface area contributed by atoms with Gasteiger partial charge in [-0.25, -0.2) is 0 Å². The first-order valence-electron chi connectivity index (χ1n) is 9.14. The normalized spacial score (nSPS) is 10.5. The summed E-state index contributed by atoms with van der Waals surface area (Å²) in [6.45, 7) is 0. The van der Waals surface area contributed by atoms with E-state index in [1.807, 2.05) is 0 Å². The van der Waals surface area contributed by atoms with Gasteiger partial charge in [0, 0.05) is 0 Å². The first-order chi connectivity index (χ1) is 15.0. The molecular formula is C22H24O9. The molecule has 31 heavy (non-hydrogen) atoms.